The number of piperidine rings is 1. The minimum atomic E-state index is -0.295. The number of hydrogen-bond acceptors (Lipinski definition) is 6. The Morgan fingerprint density at radius 3 is 2.42 bits per heavy atom. The fourth-order valence-electron chi connectivity index (χ4n) is 3.47. The van der Waals surface area contributed by atoms with Crippen molar-refractivity contribution in [1.82, 2.24) is 20.8 Å². The Labute approximate surface area is 185 Å². The molecule has 0 unspecified atom stereocenters. The van der Waals surface area contributed by atoms with Crippen LogP contribution in [0.5, 0.6) is 0 Å². The monoisotopic (exact) mass is 443 g/mol. The van der Waals surface area contributed by atoms with Crippen LogP contribution in [0, 0.1) is 11.7 Å². The highest BCUT2D eigenvalue weighted by Crippen LogP contribution is 2.25. The third kappa shape index (κ3) is 6.40. The molecule has 0 radical (unpaired) electrons. The average molecular weight is 444 g/mol. The van der Waals surface area contributed by atoms with E-state index in [0.717, 1.165) is 50.2 Å². The Bertz CT molecular complexity index is 897. The van der Waals surface area contributed by atoms with Gasteiger partial charge >= 0.3 is 0 Å². The van der Waals surface area contributed by atoms with Gasteiger partial charge in [-0.2, -0.15) is 0 Å². The molecule has 4 rings (SSSR count). The molecule has 0 spiro atoms. The summed E-state index contributed by atoms with van der Waals surface area (Å²) in [4.78, 5) is 26.4. The zero-order valence-electron chi connectivity index (χ0n) is 17.2. The molecular weight excluding hydrogens is 417 g/mol. The lowest BCUT2D eigenvalue weighted by atomic mass is 9.96. The Kier molecular flexibility index (Phi) is 7.01. The number of nitrogens with zero attached hydrogens (tertiary/aromatic N) is 3. The second kappa shape index (κ2) is 10.1. The van der Waals surface area contributed by atoms with Gasteiger partial charge < -0.3 is 15.5 Å². The van der Waals surface area contributed by atoms with Crippen molar-refractivity contribution >= 4 is 29.4 Å². The Morgan fingerprint density at radius 1 is 1.03 bits per heavy atom. The first kappa shape index (κ1) is 21.5. The van der Waals surface area contributed by atoms with Gasteiger partial charge in [0.25, 0.3) is 0 Å². The van der Waals surface area contributed by atoms with Gasteiger partial charge in [-0.1, -0.05) is 23.9 Å². The van der Waals surface area contributed by atoms with Gasteiger partial charge in [0.05, 0.1) is 5.75 Å². The Morgan fingerprint density at radius 2 is 1.77 bits per heavy atom. The largest absolute Gasteiger partial charge is 0.355 e. The number of halogens is 1. The van der Waals surface area contributed by atoms with Crippen molar-refractivity contribution in [2.45, 2.75) is 43.3 Å². The molecule has 1 aliphatic heterocycles. The first-order valence-electron chi connectivity index (χ1n) is 10.6. The van der Waals surface area contributed by atoms with Gasteiger partial charge in [-0.15, -0.1) is 10.2 Å². The molecule has 7 nitrogen and oxygen atoms in total. The maximum atomic E-state index is 12.9. The smallest absolute Gasteiger partial charge is 0.230 e. The number of carbonyl (C=O) groups is 2. The van der Waals surface area contributed by atoms with E-state index in [4.69, 9.17) is 0 Å². The van der Waals surface area contributed by atoms with E-state index in [1.54, 1.807) is 12.1 Å². The molecule has 0 bridgehead atoms. The van der Waals surface area contributed by atoms with Crippen LogP contribution < -0.4 is 15.5 Å². The van der Waals surface area contributed by atoms with E-state index in [1.807, 2.05) is 12.1 Å². The lowest BCUT2D eigenvalue weighted by Gasteiger charge is -2.31. The second-order valence-corrected chi connectivity index (χ2v) is 8.96. The van der Waals surface area contributed by atoms with Crippen LogP contribution in [0.2, 0.25) is 0 Å². The number of carbonyl (C=O) groups excluding carboxylic acids is 2. The van der Waals surface area contributed by atoms with Gasteiger partial charge in [-0.05, 0) is 55.5 Å². The molecule has 9 heteroatoms. The summed E-state index contributed by atoms with van der Waals surface area (Å²) in [5, 5.41) is 15.1. The Hall–Kier alpha value is -2.68. The number of nitrogens with one attached hydrogen (secondary N) is 2. The zero-order valence-corrected chi connectivity index (χ0v) is 18.0. The molecule has 1 saturated carbocycles. The molecule has 2 amide bonds. The van der Waals surface area contributed by atoms with Crippen LogP contribution in [-0.2, 0) is 16.1 Å². The minimum Gasteiger partial charge on any atom is -0.355 e. The standard InChI is InChI=1S/C22H26FN5O2S/c23-17-3-1-15(2-4-17)13-24-20(29)14-31-21-8-7-19(26-27-21)28-11-9-16(10-12-28)22(30)25-18-5-6-18/h1-4,7-8,16,18H,5-6,9-14H2,(H,24,29)(H,25,30). The molecule has 2 heterocycles. The van der Waals surface area contributed by atoms with Gasteiger partial charge in [0.15, 0.2) is 5.82 Å². The number of rotatable bonds is 8. The van der Waals surface area contributed by atoms with Gasteiger partial charge in [-0.3, -0.25) is 9.59 Å². The molecule has 0 atom stereocenters. The number of thioether (sulfide) groups is 1. The van der Waals surface area contributed by atoms with Gasteiger partial charge in [0.1, 0.15) is 10.8 Å². The van der Waals surface area contributed by atoms with Crippen molar-refractivity contribution in [1.29, 1.82) is 0 Å². The van der Waals surface area contributed by atoms with Crippen LogP contribution in [0.15, 0.2) is 41.4 Å². The average Bonchev–Trinajstić information content (AvgIpc) is 3.62. The van der Waals surface area contributed by atoms with E-state index in [9.17, 15) is 14.0 Å². The van der Waals surface area contributed by atoms with E-state index < -0.39 is 0 Å². The number of hydrogen-bond donors (Lipinski definition) is 2. The highest BCUT2D eigenvalue weighted by atomic mass is 32.2. The predicted octanol–water partition coefficient (Wildman–Crippen LogP) is 2.52. The summed E-state index contributed by atoms with van der Waals surface area (Å²) in [5.74, 6) is 0.899. The molecule has 2 N–H and O–H groups in total. The summed E-state index contributed by atoms with van der Waals surface area (Å²) in [6.07, 6.45) is 3.87. The van der Waals surface area contributed by atoms with Crippen molar-refractivity contribution < 1.29 is 14.0 Å². The summed E-state index contributed by atoms with van der Waals surface area (Å²) in [7, 11) is 0. The third-order valence-electron chi connectivity index (χ3n) is 5.49. The summed E-state index contributed by atoms with van der Waals surface area (Å²) >= 11 is 1.32. The van der Waals surface area contributed by atoms with E-state index in [0.29, 0.717) is 17.6 Å². The molecule has 2 aromatic rings. The topological polar surface area (TPSA) is 87.2 Å². The first-order chi connectivity index (χ1) is 15.1. The van der Waals surface area contributed by atoms with Crippen molar-refractivity contribution in [3.8, 4) is 0 Å². The second-order valence-electron chi connectivity index (χ2n) is 7.97. The molecule has 1 aromatic heterocycles. The molecule has 1 aromatic carbocycles. The Balaban J connectivity index is 1.18. The fourth-order valence-corrected chi connectivity index (χ4v) is 4.11. The number of benzene rings is 1. The van der Waals surface area contributed by atoms with Crippen molar-refractivity contribution in [3.63, 3.8) is 0 Å². The predicted molar refractivity (Wildman–Crippen MR) is 117 cm³/mol. The van der Waals surface area contributed by atoms with E-state index in [1.165, 1.54) is 23.9 Å². The SMILES string of the molecule is O=C(CSc1ccc(N2CCC(C(=O)NC3CC3)CC2)nn1)NCc1ccc(F)cc1. The summed E-state index contributed by atoms with van der Waals surface area (Å²) in [6, 6.07) is 10.2. The third-order valence-corrected chi connectivity index (χ3v) is 6.41. The van der Waals surface area contributed by atoms with Gasteiger partial charge in [0, 0.05) is 31.6 Å². The first-order valence-corrected chi connectivity index (χ1v) is 11.6. The van der Waals surface area contributed by atoms with Crippen LogP contribution in [-0.4, -0.2) is 46.9 Å². The maximum Gasteiger partial charge on any atom is 0.230 e. The fraction of sp³-hybridized carbons (Fsp3) is 0.455. The minimum absolute atomic E-state index is 0.0908. The summed E-state index contributed by atoms with van der Waals surface area (Å²) in [5.41, 5.74) is 0.845. The molecule has 1 aliphatic carbocycles. The quantitative estimate of drug-likeness (QED) is 0.610. The number of amides is 2. The lowest BCUT2D eigenvalue weighted by molar-refractivity contribution is -0.125. The van der Waals surface area contributed by atoms with E-state index >= 15 is 0 Å². The molecule has 1 saturated heterocycles. The lowest BCUT2D eigenvalue weighted by Crippen LogP contribution is -2.41. The van der Waals surface area contributed by atoms with Crippen LogP contribution in [0.1, 0.15) is 31.2 Å². The number of aromatic nitrogens is 2. The van der Waals surface area contributed by atoms with Crippen LogP contribution in [0.25, 0.3) is 0 Å². The zero-order chi connectivity index (χ0) is 21.6. The normalized spacial score (nSPS) is 16.7. The molecule has 164 valence electrons. The summed E-state index contributed by atoms with van der Waals surface area (Å²) < 4.78 is 12.9. The van der Waals surface area contributed by atoms with Crippen molar-refractivity contribution in [2.24, 2.45) is 5.92 Å². The highest BCUT2D eigenvalue weighted by molar-refractivity contribution is 7.99. The van der Waals surface area contributed by atoms with Crippen LogP contribution >= 0.6 is 11.8 Å². The molecular formula is C22H26FN5O2S. The molecule has 2 fully saturated rings. The molecule has 2 aliphatic rings. The van der Waals surface area contributed by atoms with Gasteiger partial charge in [-0.25, -0.2) is 4.39 Å². The van der Waals surface area contributed by atoms with Crippen molar-refractivity contribution in [2.75, 3.05) is 23.7 Å². The molecule has 31 heavy (non-hydrogen) atoms. The highest BCUT2D eigenvalue weighted by Gasteiger charge is 2.30. The van der Waals surface area contributed by atoms with Gasteiger partial charge in [0.2, 0.25) is 11.8 Å². The van der Waals surface area contributed by atoms with E-state index in [-0.39, 0.29) is 29.3 Å². The van der Waals surface area contributed by atoms with E-state index in [2.05, 4.69) is 25.7 Å². The van der Waals surface area contributed by atoms with Crippen molar-refractivity contribution in [3.05, 3.63) is 47.8 Å². The maximum absolute atomic E-state index is 12.9. The van der Waals surface area contributed by atoms with Crippen LogP contribution in [0.4, 0.5) is 10.2 Å². The van der Waals surface area contributed by atoms with Crippen LogP contribution in [0.3, 0.4) is 0 Å². The number of anilines is 1. The summed E-state index contributed by atoms with van der Waals surface area (Å²) in [6.45, 7) is 1.93.